The second kappa shape index (κ2) is 8.14. The number of anilines is 1. The quantitative estimate of drug-likeness (QED) is 0.772. The van der Waals surface area contributed by atoms with E-state index in [0.29, 0.717) is 6.04 Å². The van der Waals surface area contributed by atoms with Crippen molar-refractivity contribution in [1.29, 1.82) is 0 Å². The summed E-state index contributed by atoms with van der Waals surface area (Å²) in [7, 11) is 0. The molecule has 4 heteroatoms. The summed E-state index contributed by atoms with van der Waals surface area (Å²) in [5.41, 5.74) is 1.34. The fourth-order valence-electron chi connectivity index (χ4n) is 3.19. The molecule has 0 fully saturated rings. The van der Waals surface area contributed by atoms with E-state index < -0.39 is 0 Å². The van der Waals surface area contributed by atoms with Crippen LogP contribution in [0, 0.1) is 5.92 Å². The predicted molar refractivity (Wildman–Crippen MR) is 93.4 cm³/mol. The minimum Gasteiger partial charge on any atom is -0.348 e. The molecule has 1 aliphatic carbocycles. The molecule has 1 heterocycles. The molecule has 21 heavy (non-hydrogen) atoms. The van der Waals surface area contributed by atoms with Crippen LogP contribution in [0.4, 0.5) is 5.13 Å². The molecule has 120 valence electrons. The van der Waals surface area contributed by atoms with Gasteiger partial charge in [0.15, 0.2) is 5.13 Å². The Balaban J connectivity index is 2.15. The summed E-state index contributed by atoms with van der Waals surface area (Å²) in [4.78, 5) is 9.03. The van der Waals surface area contributed by atoms with Crippen molar-refractivity contribution in [3.63, 3.8) is 0 Å². The molecule has 0 spiro atoms. The van der Waals surface area contributed by atoms with Gasteiger partial charge in [0.1, 0.15) is 0 Å². The lowest BCUT2D eigenvalue weighted by Crippen LogP contribution is -2.29. The largest absolute Gasteiger partial charge is 0.348 e. The molecule has 0 saturated carbocycles. The fourth-order valence-corrected chi connectivity index (χ4v) is 4.42. The highest BCUT2D eigenvalue weighted by Crippen LogP contribution is 2.37. The van der Waals surface area contributed by atoms with E-state index in [-0.39, 0.29) is 0 Å². The van der Waals surface area contributed by atoms with Crippen molar-refractivity contribution in [2.45, 2.75) is 65.8 Å². The molecule has 3 nitrogen and oxygen atoms in total. The van der Waals surface area contributed by atoms with E-state index in [0.717, 1.165) is 25.6 Å². The average molecular weight is 310 g/mol. The first-order valence-electron chi connectivity index (χ1n) is 8.71. The van der Waals surface area contributed by atoms with Crippen molar-refractivity contribution in [2.75, 3.05) is 24.5 Å². The van der Waals surface area contributed by atoms with Crippen molar-refractivity contribution in [2.24, 2.45) is 5.92 Å². The Kier molecular flexibility index (Phi) is 6.49. The zero-order valence-corrected chi connectivity index (χ0v) is 14.9. The molecule has 0 aromatic carbocycles. The summed E-state index contributed by atoms with van der Waals surface area (Å²) < 4.78 is 0. The maximum atomic E-state index is 5.03. The smallest absolute Gasteiger partial charge is 0.185 e. The third-order valence-corrected chi connectivity index (χ3v) is 5.87. The standard InChI is InChI=1S/C17H31N3S/c1-5-13(6-2)12-20(8-4)17-19-16-14(18-7-3)10-9-11-15(16)21-17/h13-14,18H,5-12H2,1-4H3. The topological polar surface area (TPSA) is 28.2 Å². The maximum Gasteiger partial charge on any atom is 0.185 e. The van der Waals surface area contributed by atoms with Crippen LogP contribution in [0.15, 0.2) is 0 Å². The molecule has 1 aromatic heterocycles. The van der Waals surface area contributed by atoms with Crippen LogP contribution in [0.3, 0.4) is 0 Å². The number of aromatic nitrogens is 1. The van der Waals surface area contributed by atoms with Crippen molar-refractivity contribution in [1.82, 2.24) is 10.3 Å². The van der Waals surface area contributed by atoms with Crippen LogP contribution in [0.5, 0.6) is 0 Å². The van der Waals surface area contributed by atoms with Gasteiger partial charge in [-0.1, -0.05) is 33.6 Å². The minimum atomic E-state index is 0.482. The monoisotopic (exact) mass is 309 g/mol. The number of aryl methyl sites for hydroxylation is 1. The van der Waals surface area contributed by atoms with Crippen molar-refractivity contribution < 1.29 is 0 Å². The number of nitrogens with zero attached hydrogens (tertiary/aromatic N) is 2. The van der Waals surface area contributed by atoms with Crippen molar-refractivity contribution in [3.8, 4) is 0 Å². The second-order valence-electron chi connectivity index (χ2n) is 6.03. The van der Waals surface area contributed by atoms with Crippen LogP contribution in [0.25, 0.3) is 0 Å². The molecule has 0 radical (unpaired) electrons. The zero-order chi connectivity index (χ0) is 15.2. The summed E-state index contributed by atoms with van der Waals surface area (Å²) in [6.07, 6.45) is 6.28. The van der Waals surface area contributed by atoms with Gasteiger partial charge in [0, 0.05) is 18.0 Å². The highest BCUT2D eigenvalue weighted by molar-refractivity contribution is 7.15. The predicted octanol–water partition coefficient (Wildman–Crippen LogP) is 4.39. The van der Waals surface area contributed by atoms with E-state index in [9.17, 15) is 0 Å². The Bertz CT molecular complexity index is 426. The van der Waals surface area contributed by atoms with E-state index in [1.807, 2.05) is 11.3 Å². The lowest BCUT2D eigenvalue weighted by Gasteiger charge is -2.25. The Morgan fingerprint density at radius 2 is 2.05 bits per heavy atom. The molecule has 0 aliphatic heterocycles. The Labute approximate surface area is 134 Å². The van der Waals surface area contributed by atoms with Crippen LogP contribution < -0.4 is 10.2 Å². The molecule has 1 aromatic rings. The van der Waals surface area contributed by atoms with Gasteiger partial charge in [-0.2, -0.15) is 0 Å². The number of hydrogen-bond acceptors (Lipinski definition) is 4. The first kappa shape index (κ1) is 16.8. The summed E-state index contributed by atoms with van der Waals surface area (Å²) >= 11 is 1.94. The molecular weight excluding hydrogens is 278 g/mol. The van der Waals surface area contributed by atoms with E-state index in [4.69, 9.17) is 4.98 Å². The molecule has 1 unspecified atom stereocenters. The molecule has 1 N–H and O–H groups in total. The zero-order valence-electron chi connectivity index (χ0n) is 14.1. The molecular formula is C17H31N3S. The van der Waals surface area contributed by atoms with Crippen LogP contribution in [-0.4, -0.2) is 24.6 Å². The Hall–Kier alpha value is -0.610. The molecule has 1 aliphatic rings. The van der Waals surface area contributed by atoms with Gasteiger partial charge in [0.25, 0.3) is 0 Å². The van der Waals surface area contributed by atoms with Gasteiger partial charge in [0.2, 0.25) is 0 Å². The van der Waals surface area contributed by atoms with Gasteiger partial charge in [-0.25, -0.2) is 4.98 Å². The second-order valence-corrected chi connectivity index (χ2v) is 7.09. The third-order valence-electron chi connectivity index (χ3n) is 4.68. The summed E-state index contributed by atoms with van der Waals surface area (Å²) in [6.45, 7) is 12.3. The van der Waals surface area contributed by atoms with E-state index in [2.05, 4.69) is 37.9 Å². The molecule has 2 rings (SSSR count). The molecule has 1 atom stereocenters. The molecule has 0 saturated heterocycles. The summed E-state index contributed by atoms with van der Waals surface area (Å²) in [5, 5.41) is 4.85. The summed E-state index contributed by atoms with van der Waals surface area (Å²) in [6, 6.07) is 0.482. The number of nitrogens with one attached hydrogen (secondary N) is 1. The maximum absolute atomic E-state index is 5.03. The Morgan fingerprint density at radius 3 is 2.67 bits per heavy atom. The Morgan fingerprint density at radius 1 is 1.29 bits per heavy atom. The third kappa shape index (κ3) is 3.98. The normalized spacial score (nSPS) is 18.0. The van der Waals surface area contributed by atoms with E-state index in [1.165, 1.54) is 47.8 Å². The first-order valence-corrected chi connectivity index (χ1v) is 9.52. The number of rotatable bonds is 8. The molecule has 0 bridgehead atoms. The summed E-state index contributed by atoms with van der Waals surface area (Å²) in [5.74, 6) is 0.787. The van der Waals surface area contributed by atoms with Gasteiger partial charge in [-0.05, 0) is 38.6 Å². The van der Waals surface area contributed by atoms with Gasteiger partial charge in [-0.15, -0.1) is 11.3 Å². The van der Waals surface area contributed by atoms with Crippen LogP contribution in [0.2, 0.25) is 0 Å². The van der Waals surface area contributed by atoms with Crippen LogP contribution >= 0.6 is 11.3 Å². The van der Waals surface area contributed by atoms with Crippen molar-refractivity contribution >= 4 is 16.5 Å². The SMILES string of the molecule is CCNC1CCCc2sc(N(CC)CC(CC)CC)nc21. The van der Waals surface area contributed by atoms with Crippen LogP contribution in [0.1, 0.15) is 70.0 Å². The van der Waals surface area contributed by atoms with Gasteiger partial charge >= 0.3 is 0 Å². The highest BCUT2D eigenvalue weighted by Gasteiger charge is 2.25. The van der Waals surface area contributed by atoms with Gasteiger partial charge < -0.3 is 10.2 Å². The number of fused-ring (bicyclic) bond motifs is 1. The van der Waals surface area contributed by atoms with Crippen molar-refractivity contribution in [3.05, 3.63) is 10.6 Å². The highest BCUT2D eigenvalue weighted by atomic mass is 32.1. The number of hydrogen-bond donors (Lipinski definition) is 1. The van der Waals surface area contributed by atoms with E-state index >= 15 is 0 Å². The van der Waals surface area contributed by atoms with E-state index in [1.54, 1.807) is 0 Å². The molecule has 0 amide bonds. The minimum absolute atomic E-state index is 0.482. The average Bonchev–Trinajstić information content (AvgIpc) is 2.94. The fraction of sp³-hybridized carbons (Fsp3) is 0.824. The van der Waals surface area contributed by atoms with Crippen LogP contribution in [-0.2, 0) is 6.42 Å². The lowest BCUT2D eigenvalue weighted by molar-refractivity contribution is 0.463. The number of thiazole rings is 1. The first-order chi connectivity index (χ1) is 10.2. The van der Waals surface area contributed by atoms with Gasteiger partial charge in [0.05, 0.1) is 11.7 Å². The van der Waals surface area contributed by atoms with Gasteiger partial charge in [-0.3, -0.25) is 0 Å². The lowest BCUT2D eigenvalue weighted by atomic mass is 9.98.